The summed E-state index contributed by atoms with van der Waals surface area (Å²) in [4.78, 5) is 2.50. The van der Waals surface area contributed by atoms with E-state index in [1.165, 1.54) is 23.2 Å². The van der Waals surface area contributed by atoms with Crippen LogP contribution < -0.4 is 10.2 Å². The van der Waals surface area contributed by atoms with Crippen LogP contribution >= 0.6 is 0 Å². The first kappa shape index (κ1) is 12.4. The lowest BCUT2D eigenvalue weighted by Gasteiger charge is -2.25. The van der Waals surface area contributed by atoms with Gasteiger partial charge < -0.3 is 10.2 Å². The summed E-state index contributed by atoms with van der Waals surface area (Å²) in [6.45, 7) is 12.2. The molecule has 0 atom stereocenters. The van der Waals surface area contributed by atoms with Crippen molar-refractivity contribution in [3.05, 3.63) is 29.3 Å². The fourth-order valence-corrected chi connectivity index (χ4v) is 2.54. The molecule has 1 aliphatic heterocycles. The van der Waals surface area contributed by atoms with E-state index in [4.69, 9.17) is 0 Å². The van der Waals surface area contributed by atoms with Gasteiger partial charge in [-0.05, 0) is 57.4 Å². The molecule has 94 valence electrons. The predicted molar refractivity (Wildman–Crippen MR) is 74.8 cm³/mol. The van der Waals surface area contributed by atoms with E-state index in [0.717, 1.165) is 19.6 Å². The van der Waals surface area contributed by atoms with E-state index in [9.17, 15) is 0 Å². The van der Waals surface area contributed by atoms with E-state index in [2.05, 4.69) is 56.1 Å². The zero-order valence-electron chi connectivity index (χ0n) is 11.5. The molecule has 0 amide bonds. The molecule has 2 nitrogen and oxygen atoms in total. The number of rotatable bonds is 1. The van der Waals surface area contributed by atoms with Crippen LogP contribution in [-0.4, -0.2) is 25.2 Å². The van der Waals surface area contributed by atoms with E-state index in [1.54, 1.807) is 0 Å². The van der Waals surface area contributed by atoms with Crippen LogP contribution in [0.4, 0.5) is 5.69 Å². The summed E-state index contributed by atoms with van der Waals surface area (Å²) < 4.78 is 0. The number of hydrogen-bond acceptors (Lipinski definition) is 2. The van der Waals surface area contributed by atoms with Crippen molar-refractivity contribution in [3.8, 4) is 0 Å². The number of hydrogen-bond donors (Lipinski definition) is 1. The Morgan fingerprint density at radius 2 is 1.71 bits per heavy atom. The van der Waals surface area contributed by atoms with Gasteiger partial charge in [-0.3, -0.25) is 0 Å². The second kappa shape index (κ2) is 4.69. The lowest BCUT2D eigenvalue weighted by atomic mass is 10.0. The van der Waals surface area contributed by atoms with Gasteiger partial charge in [-0.15, -0.1) is 0 Å². The predicted octanol–water partition coefficient (Wildman–Crippen LogP) is 2.88. The molecule has 0 saturated carbocycles. The molecule has 1 aliphatic rings. The summed E-state index contributed by atoms with van der Waals surface area (Å²) in [6, 6.07) is 6.83. The van der Waals surface area contributed by atoms with E-state index >= 15 is 0 Å². The van der Waals surface area contributed by atoms with E-state index < -0.39 is 0 Å². The Bertz CT molecular complexity index is 376. The van der Waals surface area contributed by atoms with Crippen molar-refractivity contribution in [1.29, 1.82) is 0 Å². The Kier molecular flexibility index (Phi) is 3.43. The molecule has 0 spiro atoms. The molecular formula is C15H24N2. The molecule has 0 radical (unpaired) electrons. The Morgan fingerprint density at radius 3 is 2.35 bits per heavy atom. The van der Waals surface area contributed by atoms with E-state index in [0.29, 0.717) is 0 Å². The van der Waals surface area contributed by atoms with Crippen molar-refractivity contribution < 1.29 is 0 Å². The van der Waals surface area contributed by atoms with Crippen molar-refractivity contribution in [2.24, 2.45) is 0 Å². The molecule has 0 aliphatic carbocycles. The molecule has 1 aromatic rings. The van der Waals surface area contributed by atoms with Gasteiger partial charge in [0.15, 0.2) is 0 Å². The first-order chi connectivity index (χ1) is 7.96. The fourth-order valence-electron chi connectivity index (χ4n) is 2.54. The van der Waals surface area contributed by atoms with Crippen molar-refractivity contribution in [3.63, 3.8) is 0 Å². The van der Waals surface area contributed by atoms with Crippen LogP contribution in [0.1, 0.15) is 31.4 Å². The topological polar surface area (TPSA) is 15.3 Å². The van der Waals surface area contributed by atoms with Crippen LogP contribution in [0.25, 0.3) is 0 Å². The third-order valence-corrected chi connectivity index (χ3v) is 3.56. The number of nitrogens with zero attached hydrogens (tertiary/aromatic N) is 1. The summed E-state index contributed by atoms with van der Waals surface area (Å²) in [6.07, 6.45) is 1.19. The molecule has 0 unspecified atom stereocenters. The van der Waals surface area contributed by atoms with Crippen molar-refractivity contribution in [1.82, 2.24) is 5.32 Å². The van der Waals surface area contributed by atoms with Crippen LogP contribution in [0.2, 0.25) is 0 Å². The molecule has 1 heterocycles. The second-order valence-electron chi connectivity index (χ2n) is 5.89. The van der Waals surface area contributed by atoms with Crippen LogP contribution in [-0.2, 0) is 0 Å². The Balaban J connectivity index is 2.17. The highest BCUT2D eigenvalue weighted by molar-refractivity contribution is 5.51. The highest BCUT2D eigenvalue weighted by atomic mass is 15.2. The fraction of sp³-hybridized carbons (Fsp3) is 0.600. The third-order valence-electron chi connectivity index (χ3n) is 3.56. The number of nitrogens with one attached hydrogen (secondary N) is 1. The average molecular weight is 232 g/mol. The molecule has 0 aromatic heterocycles. The van der Waals surface area contributed by atoms with Gasteiger partial charge in [-0.2, -0.15) is 0 Å². The molecule has 2 rings (SSSR count). The maximum absolute atomic E-state index is 3.61. The Hall–Kier alpha value is -1.02. The highest BCUT2D eigenvalue weighted by Crippen LogP contribution is 2.22. The molecule has 17 heavy (non-hydrogen) atoms. The normalized spacial score (nSPS) is 20.1. The molecule has 1 N–H and O–H groups in total. The SMILES string of the molecule is Cc1cc(C)cc(N2CCNC(C)(C)CC2)c1. The van der Waals surface area contributed by atoms with Crippen molar-refractivity contribution in [2.45, 2.75) is 39.7 Å². The van der Waals surface area contributed by atoms with Crippen LogP contribution in [0.15, 0.2) is 18.2 Å². The van der Waals surface area contributed by atoms with Gasteiger partial charge in [0.2, 0.25) is 0 Å². The monoisotopic (exact) mass is 232 g/mol. The summed E-state index contributed by atoms with van der Waals surface area (Å²) in [5, 5.41) is 3.61. The minimum absolute atomic E-state index is 0.271. The maximum Gasteiger partial charge on any atom is 0.0371 e. The summed E-state index contributed by atoms with van der Waals surface area (Å²) in [5.41, 5.74) is 4.36. The van der Waals surface area contributed by atoms with E-state index in [-0.39, 0.29) is 5.54 Å². The Labute approximate surface area is 105 Å². The summed E-state index contributed by atoms with van der Waals surface area (Å²) in [7, 11) is 0. The quantitative estimate of drug-likeness (QED) is 0.801. The maximum atomic E-state index is 3.61. The molecule has 0 bridgehead atoms. The van der Waals surface area contributed by atoms with Crippen molar-refractivity contribution in [2.75, 3.05) is 24.5 Å². The van der Waals surface area contributed by atoms with Crippen LogP contribution in [0, 0.1) is 13.8 Å². The van der Waals surface area contributed by atoms with Gasteiger partial charge in [0.25, 0.3) is 0 Å². The van der Waals surface area contributed by atoms with Gasteiger partial charge in [0.1, 0.15) is 0 Å². The smallest absolute Gasteiger partial charge is 0.0371 e. The number of anilines is 1. The van der Waals surface area contributed by atoms with Gasteiger partial charge >= 0.3 is 0 Å². The van der Waals surface area contributed by atoms with Gasteiger partial charge in [-0.1, -0.05) is 6.07 Å². The second-order valence-corrected chi connectivity index (χ2v) is 5.89. The largest absolute Gasteiger partial charge is 0.370 e. The minimum atomic E-state index is 0.271. The third kappa shape index (κ3) is 3.22. The van der Waals surface area contributed by atoms with Gasteiger partial charge in [0.05, 0.1) is 0 Å². The van der Waals surface area contributed by atoms with Crippen LogP contribution in [0.3, 0.4) is 0 Å². The average Bonchev–Trinajstić information content (AvgIpc) is 2.38. The molecule has 2 heteroatoms. The number of aryl methyl sites for hydroxylation is 2. The summed E-state index contributed by atoms with van der Waals surface area (Å²) in [5.74, 6) is 0. The number of benzene rings is 1. The standard InChI is InChI=1S/C15H24N2/c1-12-9-13(2)11-14(10-12)17-7-5-15(3,4)16-6-8-17/h9-11,16H,5-8H2,1-4H3. The zero-order valence-corrected chi connectivity index (χ0v) is 11.5. The molecule has 1 saturated heterocycles. The first-order valence-electron chi connectivity index (χ1n) is 6.55. The summed E-state index contributed by atoms with van der Waals surface area (Å²) >= 11 is 0. The van der Waals surface area contributed by atoms with Gasteiger partial charge in [-0.25, -0.2) is 0 Å². The van der Waals surface area contributed by atoms with Gasteiger partial charge in [0, 0.05) is 30.9 Å². The van der Waals surface area contributed by atoms with E-state index in [1.807, 2.05) is 0 Å². The first-order valence-corrected chi connectivity index (χ1v) is 6.55. The highest BCUT2D eigenvalue weighted by Gasteiger charge is 2.22. The minimum Gasteiger partial charge on any atom is -0.370 e. The lowest BCUT2D eigenvalue weighted by Crippen LogP contribution is -2.39. The molecule has 1 fully saturated rings. The lowest BCUT2D eigenvalue weighted by molar-refractivity contribution is 0.394. The zero-order chi connectivity index (χ0) is 12.5. The van der Waals surface area contributed by atoms with Crippen LogP contribution in [0.5, 0.6) is 0 Å². The van der Waals surface area contributed by atoms with Crippen molar-refractivity contribution >= 4 is 5.69 Å². The molecular weight excluding hydrogens is 208 g/mol. The molecule has 1 aromatic carbocycles. The Morgan fingerprint density at radius 1 is 1.06 bits per heavy atom.